The molecule has 0 bridgehead atoms. The third-order valence-corrected chi connectivity index (χ3v) is 7.40. The van der Waals surface area contributed by atoms with Crippen LogP contribution in [0.25, 0.3) is 0 Å². The molecule has 0 fully saturated rings. The van der Waals surface area contributed by atoms with Gasteiger partial charge in [0.25, 0.3) is 0 Å². The van der Waals surface area contributed by atoms with E-state index in [1.807, 2.05) is 6.29 Å². The van der Waals surface area contributed by atoms with E-state index in [1.165, 1.54) is 135 Å². The molecule has 2 heteroatoms. The summed E-state index contributed by atoms with van der Waals surface area (Å²) < 4.78 is 0. The number of rotatable bonds is 29. The summed E-state index contributed by atoms with van der Waals surface area (Å²) in [6, 6.07) is 0. The van der Waals surface area contributed by atoms with Crippen molar-refractivity contribution in [1.29, 1.82) is 0 Å². The van der Waals surface area contributed by atoms with Gasteiger partial charge in [0.1, 0.15) is 5.78 Å². The Morgan fingerprint density at radius 1 is 0.471 bits per heavy atom. The van der Waals surface area contributed by atoms with Crippen molar-refractivity contribution in [3.05, 3.63) is 0 Å². The van der Waals surface area contributed by atoms with E-state index in [0.717, 1.165) is 32.1 Å². The molecule has 0 heterocycles. The molecule has 0 aromatic carbocycles. The Balaban J connectivity index is 3.42. The Morgan fingerprint density at radius 2 is 0.765 bits per heavy atom. The van der Waals surface area contributed by atoms with Gasteiger partial charge in [-0.2, -0.15) is 0 Å². The summed E-state index contributed by atoms with van der Waals surface area (Å²) in [5.74, 6) is -0.318. The molecule has 0 aliphatic carbocycles. The Kier molecular flexibility index (Phi) is 28.0. The molecule has 0 saturated carbocycles. The van der Waals surface area contributed by atoms with Crippen molar-refractivity contribution in [2.24, 2.45) is 5.92 Å². The molecule has 0 aliphatic heterocycles. The number of hydrogen-bond acceptors (Lipinski definition) is 2. The number of carbonyl (C=O) groups is 1. The van der Waals surface area contributed by atoms with Crippen LogP contribution in [-0.2, 0) is 9.59 Å². The lowest BCUT2D eigenvalue weighted by atomic mass is 9.94. The van der Waals surface area contributed by atoms with Crippen LogP contribution in [0.1, 0.15) is 187 Å². The van der Waals surface area contributed by atoms with Gasteiger partial charge >= 0.3 is 0 Å². The molecule has 201 valence electrons. The summed E-state index contributed by atoms with van der Waals surface area (Å²) in [5, 5.41) is 0. The maximum absolute atomic E-state index is 12.3. The summed E-state index contributed by atoms with van der Waals surface area (Å²) in [5.41, 5.74) is 0. The van der Waals surface area contributed by atoms with Gasteiger partial charge in [-0.1, -0.05) is 168 Å². The average molecular weight is 478 g/mol. The van der Waals surface area contributed by atoms with Crippen LogP contribution in [0, 0.1) is 5.92 Å². The Hall–Kier alpha value is -0.660. The third-order valence-electron chi connectivity index (χ3n) is 7.40. The van der Waals surface area contributed by atoms with Gasteiger partial charge in [0.05, 0.1) is 5.92 Å². The van der Waals surface area contributed by atoms with E-state index < -0.39 is 5.92 Å². The van der Waals surface area contributed by atoms with Crippen molar-refractivity contribution in [2.45, 2.75) is 187 Å². The van der Waals surface area contributed by atoms with Gasteiger partial charge in [-0.3, -0.25) is 9.59 Å². The number of Topliss-reactive ketones (excluding diaryl/α,β-unsaturated/α-hetero) is 1. The fraction of sp³-hybridized carbons (Fsp3) is 0.938. The van der Waals surface area contributed by atoms with Gasteiger partial charge in [0, 0.05) is 6.42 Å². The van der Waals surface area contributed by atoms with E-state index in [4.69, 9.17) is 0 Å². The van der Waals surface area contributed by atoms with Crippen LogP contribution in [0.5, 0.6) is 0 Å². The molecule has 0 spiro atoms. The maximum Gasteiger partial charge on any atom is 0.209 e. The summed E-state index contributed by atoms with van der Waals surface area (Å²) in [6.07, 6.45) is 36.2. The zero-order valence-corrected chi connectivity index (χ0v) is 23.5. The normalized spacial score (nSPS) is 12.2. The van der Waals surface area contributed by atoms with Crippen molar-refractivity contribution in [3.8, 4) is 0 Å². The lowest BCUT2D eigenvalue weighted by Crippen LogP contribution is -2.15. The topological polar surface area (TPSA) is 34.1 Å². The Labute approximate surface area is 214 Å². The molecule has 1 radical (unpaired) electrons. The molecule has 0 aliphatic rings. The first-order valence-electron chi connectivity index (χ1n) is 15.7. The smallest absolute Gasteiger partial charge is 0.209 e. The van der Waals surface area contributed by atoms with E-state index in [9.17, 15) is 9.59 Å². The van der Waals surface area contributed by atoms with Crippen LogP contribution in [0.15, 0.2) is 0 Å². The minimum absolute atomic E-state index is 0.139. The molecule has 34 heavy (non-hydrogen) atoms. The minimum Gasteiger partial charge on any atom is -0.299 e. The van der Waals surface area contributed by atoms with Gasteiger partial charge in [-0.25, -0.2) is 0 Å². The van der Waals surface area contributed by atoms with Crippen LogP contribution in [0.4, 0.5) is 0 Å². The minimum atomic E-state index is -0.458. The first-order valence-corrected chi connectivity index (χ1v) is 15.7. The van der Waals surface area contributed by atoms with E-state index in [0.29, 0.717) is 6.42 Å². The fourth-order valence-electron chi connectivity index (χ4n) is 4.97. The molecule has 0 aromatic heterocycles. The number of unbranched alkanes of at least 4 members (excludes halogenated alkanes) is 23. The molecule has 0 saturated heterocycles. The highest BCUT2D eigenvalue weighted by Crippen LogP contribution is 2.17. The van der Waals surface area contributed by atoms with Gasteiger partial charge in [0.2, 0.25) is 6.29 Å². The summed E-state index contributed by atoms with van der Waals surface area (Å²) in [4.78, 5) is 23.6. The van der Waals surface area contributed by atoms with Crippen molar-refractivity contribution in [1.82, 2.24) is 0 Å². The Morgan fingerprint density at radius 3 is 1.09 bits per heavy atom. The SMILES string of the molecule is CCCCCCCCCCCCCCCCCC(=O)C([C]=O)CCCCCCCCCCCC. The molecule has 1 atom stereocenters. The van der Waals surface area contributed by atoms with Gasteiger partial charge in [-0.05, 0) is 12.8 Å². The second-order valence-corrected chi connectivity index (χ2v) is 10.8. The van der Waals surface area contributed by atoms with E-state index in [-0.39, 0.29) is 5.78 Å². The zero-order chi connectivity index (χ0) is 25.0. The highest BCUT2D eigenvalue weighted by atomic mass is 16.1. The maximum atomic E-state index is 12.3. The molecule has 1 unspecified atom stereocenters. The summed E-state index contributed by atoms with van der Waals surface area (Å²) in [6.45, 7) is 4.54. The number of hydrogen-bond donors (Lipinski definition) is 0. The predicted octanol–water partition coefficient (Wildman–Crippen LogP) is 10.9. The molecular weight excluding hydrogens is 416 g/mol. The standard InChI is InChI=1S/C32H61O2/c1-3-5-7-9-11-13-15-16-17-18-19-21-23-25-27-29-32(34)31(30-33)28-26-24-22-20-14-12-10-8-6-4-2/h31H,3-29H2,1-2H3. The molecule has 0 N–H and O–H groups in total. The number of carbonyl (C=O) groups excluding carboxylic acids is 2. The second-order valence-electron chi connectivity index (χ2n) is 10.8. The van der Waals surface area contributed by atoms with Gasteiger partial charge in [-0.15, -0.1) is 0 Å². The monoisotopic (exact) mass is 477 g/mol. The first kappa shape index (κ1) is 33.3. The van der Waals surface area contributed by atoms with Crippen LogP contribution in [0.3, 0.4) is 0 Å². The van der Waals surface area contributed by atoms with E-state index in [2.05, 4.69) is 13.8 Å². The molecule has 0 amide bonds. The first-order chi connectivity index (χ1) is 16.8. The third kappa shape index (κ3) is 24.5. The zero-order valence-electron chi connectivity index (χ0n) is 23.5. The van der Waals surface area contributed by atoms with Crippen molar-refractivity contribution in [2.75, 3.05) is 0 Å². The van der Waals surface area contributed by atoms with Crippen molar-refractivity contribution >= 4 is 12.1 Å². The van der Waals surface area contributed by atoms with Crippen molar-refractivity contribution < 1.29 is 9.59 Å². The lowest BCUT2D eigenvalue weighted by Gasteiger charge is -2.09. The van der Waals surface area contributed by atoms with E-state index >= 15 is 0 Å². The highest BCUT2D eigenvalue weighted by Gasteiger charge is 2.17. The molecule has 0 aromatic rings. The molecule has 2 nitrogen and oxygen atoms in total. The van der Waals surface area contributed by atoms with Crippen LogP contribution in [-0.4, -0.2) is 12.1 Å². The average Bonchev–Trinajstić information content (AvgIpc) is 2.85. The summed E-state index contributed by atoms with van der Waals surface area (Å²) in [7, 11) is 0. The van der Waals surface area contributed by atoms with Crippen LogP contribution >= 0.6 is 0 Å². The predicted molar refractivity (Wildman–Crippen MR) is 150 cm³/mol. The fourth-order valence-corrected chi connectivity index (χ4v) is 4.97. The second kappa shape index (κ2) is 28.6. The van der Waals surface area contributed by atoms with Crippen LogP contribution in [0.2, 0.25) is 0 Å². The van der Waals surface area contributed by atoms with Gasteiger partial charge < -0.3 is 0 Å². The highest BCUT2D eigenvalue weighted by molar-refractivity contribution is 5.93. The van der Waals surface area contributed by atoms with Crippen LogP contribution < -0.4 is 0 Å². The van der Waals surface area contributed by atoms with Gasteiger partial charge in [0.15, 0.2) is 0 Å². The largest absolute Gasteiger partial charge is 0.299 e. The van der Waals surface area contributed by atoms with E-state index in [1.54, 1.807) is 0 Å². The number of ketones is 1. The lowest BCUT2D eigenvalue weighted by molar-refractivity contribution is -0.121. The molecule has 0 rings (SSSR count). The Bertz CT molecular complexity index is 417. The van der Waals surface area contributed by atoms with Crippen molar-refractivity contribution in [3.63, 3.8) is 0 Å². The summed E-state index contributed by atoms with van der Waals surface area (Å²) >= 11 is 0. The molecular formula is C32H61O2. The quantitative estimate of drug-likeness (QED) is 0.0792.